The van der Waals surface area contributed by atoms with Gasteiger partial charge in [0.25, 0.3) is 0 Å². The topological polar surface area (TPSA) is 125 Å². The second-order valence-electron chi connectivity index (χ2n) is 5.79. The lowest BCUT2D eigenvalue weighted by Crippen LogP contribution is -2.53. The van der Waals surface area contributed by atoms with Gasteiger partial charge in [-0.2, -0.15) is 0 Å². The van der Waals surface area contributed by atoms with Gasteiger partial charge in [-0.15, -0.1) is 0 Å². The molecule has 0 radical (unpaired) electrons. The molecule has 1 aromatic rings. The van der Waals surface area contributed by atoms with Crippen molar-refractivity contribution in [3.63, 3.8) is 0 Å². The van der Waals surface area contributed by atoms with Crippen LogP contribution in [0.1, 0.15) is 12.5 Å². The number of rotatable bonds is 8. The zero-order valence-corrected chi connectivity index (χ0v) is 15.0. The molecule has 0 saturated carbocycles. The third-order valence-corrected chi connectivity index (χ3v) is 3.87. The summed E-state index contributed by atoms with van der Waals surface area (Å²) in [5, 5.41) is 2.27. The van der Waals surface area contributed by atoms with Gasteiger partial charge in [-0.3, -0.25) is 19.2 Å². The lowest BCUT2D eigenvalue weighted by atomic mass is 9.86. The highest BCUT2D eigenvalue weighted by molar-refractivity contribution is 5.97. The number of halogens is 2. The van der Waals surface area contributed by atoms with Gasteiger partial charge in [0.1, 0.15) is 17.7 Å². The van der Waals surface area contributed by atoms with Crippen LogP contribution in [0.2, 0.25) is 0 Å². The van der Waals surface area contributed by atoms with E-state index in [2.05, 4.69) is 14.8 Å². The van der Waals surface area contributed by atoms with Crippen molar-refractivity contribution in [1.82, 2.24) is 5.32 Å². The molecule has 0 unspecified atom stereocenters. The van der Waals surface area contributed by atoms with Crippen LogP contribution in [0, 0.1) is 23.5 Å². The zero-order chi connectivity index (χ0) is 20.7. The van der Waals surface area contributed by atoms with Crippen molar-refractivity contribution >= 4 is 23.8 Å². The van der Waals surface area contributed by atoms with Crippen molar-refractivity contribution in [2.75, 3.05) is 14.2 Å². The Labute approximate surface area is 154 Å². The summed E-state index contributed by atoms with van der Waals surface area (Å²) in [6.45, 7) is 1.33. The maximum absolute atomic E-state index is 13.2. The number of esters is 2. The number of primary amides is 1. The average Bonchev–Trinajstić information content (AvgIpc) is 2.57. The van der Waals surface area contributed by atoms with Crippen molar-refractivity contribution in [1.29, 1.82) is 0 Å². The Bertz CT molecular complexity index is 704. The summed E-state index contributed by atoms with van der Waals surface area (Å²) in [4.78, 5) is 47.6. The van der Waals surface area contributed by atoms with Gasteiger partial charge in [-0.1, -0.05) is 6.92 Å². The maximum Gasteiger partial charge on any atom is 0.320 e. The highest BCUT2D eigenvalue weighted by Gasteiger charge is 2.41. The third kappa shape index (κ3) is 6.01. The summed E-state index contributed by atoms with van der Waals surface area (Å²) in [7, 11) is 2.09. The van der Waals surface area contributed by atoms with Crippen molar-refractivity contribution in [3.05, 3.63) is 35.4 Å². The Morgan fingerprint density at radius 3 is 1.93 bits per heavy atom. The Morgan fingerprint density at radius 1 is 1.04 bits per heavy atom. The molecule has 0 fully saturated rings. The number of benzene rings is 1. The molecule has 0 bridgehead atoms. The van der Waals surface area contributed by atoms with Gasteiger partial charge in [0.05, 0.1) is 20.6 Å². The molecule has 2 amide bonds. The maximum atomic E-state index is 13.2. The van der Waals surface area contributed by atoms with Crippen LogP contribution >= 0.6 is 0 Å². The lowest BCUT2D eigenvalue weighted by Gasteiger charge is -2.26. The number of hydrogen-bond acceptors (Lipinski definition) is 6. The van der Waals surface area contributed by atoms with E-state index in [1.807, 2.05) is 0 Å². The number of methoxy groups -OCH3 is 2. The van der Waals surface area contributed by atoms with Gasteiger partial charge in [-0.25, -0.2) is 8.78 Å². The minimum absolute atomic E-state index is 0.0263. The fourth-order valence-corrected chi connectivity index (χ4v) is 2.56. The molecule has 0 heterocycles. The Hall–Kier alpha value is -3.04. The monoisotopic (exact) mass is 386 g/mol. The minimum Gasteiger partial charge on any atom is -0.468 e. The summed E-state index contributed by atoms with van der Waals surface area (Å²) in [6.07, 6.45) is -0.452. The highest BCUT2D eigenvalue weighted by atomic mass is 19.1. The third-order valence-electron chi connectivity index (χ3n) is 3.87. The first-order chi connectivity index (χ1) is 12.6. The predicted octanol–water partition coefficient (Wildman–Crippen LogP) is 0.0757. The molecule has 0 aliphatic rings. The Kier molecular flexibility index (Phi) is 7.82. The van der Waals surface area contributed by atoms with Crippen LogP contribution in [0.15, 0.2) is 18.2 Å². The first-order valence-electron chi connectivity index (χ1n) is 7.80. The molecule has 10 heteroatoms. The summed E-state index contributed by atoms with van der Waals surface area (Å²) in [5.74, 6) is -8.09. The zero-order valence-electron chi connectivity index (χ0n) is 15.0. The molecule has 1 aromatic carbocycles. The number of nitrogens with two attached hydrogens (primary N) is 1. The molecule has 0 aliphatic carbocycles. The SMILES string of the molecule is COC(=O)C(C(=O)OC)[C@H](C)[C@H](NC(=O)Cc1cc(F)cc(F)c1)C(N)=O. The van der Waals surface area contributed by atoms with Crippen LogP contribution in [-0.2, 0) is 35.1 Å². The van der Waals surface area contributed by atoms with E-state index in [9.17, 15) is 28.0 Å². The smallest absolute Gasteiger partial charge is 0.320 e. The predicted molar refractivity (Wildman–Crippen MR) is 87.9 cm³/mol. The van der Waals surface area contributed by atoms with E-state index in [1.165, 1.54) is 6.92 Å². The quantitative estimate of drug-likeness (QED) is 0.481. The van der Waals surface area contributed by atoms with Crippen LogP contribution in [0.4, 0.5) is 8.78 Å². The molecule has 8 nitrogen and oxygen atoms in total. The Morgan fingerprint density at radius 2 is 1.52 bits per heavy atom. The van der Waals surface area contributed by atoms with Crippen LogP contribution in [0.25, 0.3) is 0 Å². The second kappa shape index (κ2) is 9.60. The molecule has 0 aliphatic heterocycles. The van der Waals surface area contributed by atoms with Crippen LogP contribution < -0.4 is 11.1 Å². The van der Waals surface area contributed by atoms with E-state index < -0.39 is 59.7 Å². The lowest BCUT2D eigenvalue weighted by molar-refractivity contribution is -0.162. The number of carbonyl (C=O) groups is 4. The van der Waals surface area contributed by atoms with E-state index in [0.29, 0.717) is 6.07 Å². The molecular formula is C17H20F2N2O6. The molecule has 0 saturated heterocycles. The number of nitrogens with one attached hydrogen (secondary N) is 1. The fourth-order valence-electron chi connectivity index (χ4n) is 2.56. The second-order valence-corrected chi connectivity index (χ2v) is 5.79. The normalized spacial score (nSPS) is 12.8. The highest BCUT2D eigenvalue weighted by Crippen LogP contribution is 2.20. The number of hydrogen-bond donors (Lipinski definition) is 2. The molecule has 0 spiro atoms. The van der Waals surface area contributed by atoms with Crippen molar-refractivity contribution in [2.24, 2.45) is 17.6 Å². The van der Waals surface area contributed by atoms with Crippen LogP contribution in [-0.4, -0.2) is 44.0 Å². The molecule has 2 atom stereocenters. The van der Waals surface area contributed by atoms with Crippen LogP contribution in [0.3, 0.4) is 0 Å². The summed E-state index contributed by atoms with van der Waals surface area (Å²) in [5.41, 5.74) is 5.30. The van der Waals surface area contributed by atoms with E-state index in [0.717, 1.165) is 26.4 Å². The van der Waals surface area contributed by atoms with Gasteiger partial charge >= 0.3 is 11.9 Å². The molecular weight excluding hydrogens is 366 g/mol. The first kappa shape index (κ1) is 22.0. The largest absolute Gasteiger partial charge is 0.468 e. The Balaban J connectivity index is 2.99. The van der Waals surface area contributed by atoms with Crippen molar-refractivity contribution in [2.45, 2.75) is 19.4 Å². The molecule has 1 rings (SSSR count). The number of carbonyl (C=O) groups excluding carboxylic acids is 4. The molecule has 148 valence electrons. The van der Waals surface area contributed by atoms with Crippen molar-refractivity contribution in [3.8, 4) is 0 Å². The number of amides is 2. The van der Waals surface area contributed by atoms with Crippen molar-refractivity contribution < 1.29 is 37.4 Å². The van der Waals surface area contributed by atoms with Gasteiger partial charge in [0.2, 0.25) is 11.8 Å². The summed E-state index contributed by atoms with van der Waals surface area (Å²) in [6, 6.07) is 1.13. The fraction of sp³-hybridized carbons (Fsp3) is 0.412. The van der Waals surface area contributed by atoms with Gasteiger partial charge in [-0.05, 0) is 17.7 Å². The van der Waals surface area contributed by atoms with E-state index in [1.54, 1.807) is 0 Å². The van der Waals surface area contributed by atoms with E-state index in [4.69, 9.17) is 5.73 Å². The minimum atomic E-state index is -1.51. The van der Waals surface area contributed by atoms with Gasteiger partial charge in [0.15, 0.2) is 5.92 Å². The van der Waals surface area contributed by atoms with Crippen LogP contribution in [0.5, 0.6) is 0 Å². The number of ether oxygens (including phenoxy) is 2. The molecule has 0 aromatic heterocycles. The summed E-state index contributed by atoms with van der Waals surface area (Å²) >= 11 is 0. The summed E-state index contributed by atoms with van der Waals surface area (Å²) < 4.78 is 35.5. The van der Waals surface area contributed by atoms with Gasteiger partial charge in [0, 0.05) is 12.0 Å². The van der Waals surface area contributed by atoms with E-state index >= 15 is 0 Å². The van der Waals surface area contributed by atoms with Gasteiger partial charge < -0.3 is 20.5 Å². The molecule has 3 N–H and O–H groups in total. The average molecular weight is 386 g/mol. The molecule has 27 heavy (non-hydrogen) atoms. The first-order valence-corrected chi connectivity index (χ1v) is 7.80. The van der Waals surface area contributed by atoms with E-state index in [-0.39, 0.29) is 5.56 Å². The standard InChI is InChI=1S/C17H20F2N2O6/c1-8(13(16(24)26-2)17(25)27-3)14(15(20)23)21-12(22)6-9-4-10(18)7-11(19)5-9/h4-5,7-8,13-14H,6H2,1-3H3,(H2,20,23)(H,21,22)/t8-,14-/m0/s1.